The van der Waals surface area contributed by atoms with Crippen molar-refractivity contribution in [3.63, 3.8) is 0 Å². The molecule has 2 atom stereocenters. The molecule has 1 saturated heterocycles. The summed E-state index contributed by atoms with van der Waals surface area (Å²) in [5.74, 6) is -1.05. The Bertz CT molecular complexity index is 1120. The molecule has 2 aromatic carbocycles. The molecule has 2 aromatic rings. The SMILES string of the molecule is COc1ccccc1C1C(C(=O)C(C)(C)COC2CCCCO2)=C(O)C(=O)N1c1ccc(Br)cc1. The largest absolute Gasteiger partial charge is 0.503 e. The summed E-state index contributed by atoms with van der Waals surface area (Å²) in [6.07, 6.45) is 2.43. The number of hydrogen-bond acceptors (Lipinski definition) is 6. The number of methoxy groups -OCH3 is 1. The first-order valence-corrected chi connectivity index (χ1v) is 12.5. The molecule has 0 radical (unpaired) electrons. The van der Waals surface area contributed by atoms with Gasteiger partial charge in [0, 0.05) is 22.3 Å². The zero-order valence-electron chi connectivity index (χ0n) is 20.1. The van der Waals surface area contributed by atoms with Gasteiger partial charge in [-0.1, -0.05) is 48.0 Å². The third-order valence-corrected chi connectivity index (χ3v) is 6.90. The van der Waals surface area contributed by atoms with E-state index in [1.807, 2.05) is 12.1 Å². The van der Waals surface area contributed by atoms with Crippen LogP contribution in [0.5, 0.6) is 5.75 Å². The minimum atomic E-state index is -1.01. The average molecular weight is 544 g/mol. The number of aliphatic hydroxyl groups excluding tert-OH is 1. The van der Waals surface area contributed by atoms with E-state index < -0.39 is 23.1 Å². The number of amides is 1. The van der Waals surface area contributed by atoms with E-state index in [4.69, 9.17) is 14.2 Å². The molecule has 0 bridgehead atoms. The van der Waals surface area contributed by atoms with Gasteiger partial charge in [-0.15, -0.1) is 0 Å². The lowest BCUT2D eigenvalue weighted by atomic mass is 9.81. The normalized spacial score (nSPS) is 20.9. The number of halogens is 1. The van der Waals surface area contributed by atoms with Crippen LogP contribution >= 0.6 is 15.9 Å². The first-order valence-electron chi connectivity index (χ1n) is 11.7. The van der Waals surface area contributed by atoms with Gasteiger partial charge in [-0.05, 0) is 49.6 Å². The van der Waals surface area contributed by atoms with Gasteiger partial charge in [-0.2, -0.15) is 0 Å². The zero-order chi connectivity index (χ0) is 25.2. The molecule has 35 heavy (non-hydrogen) atoms. The molecule has 0 spiro atoms. The van der Waals surface area contributed by atoms with E-state index in [0.717, 1.165) is 23.7 Å². The van der Waals surface area contributed by atoms with Crippen LogP contribution in [-0.4, -0.2) is 43.4 Å². The molecular formula is C27H30BrNO6. The summed E-state index contributed by atoms with van der Waals surface area (Å²) in [6, 6.07) is 13.5. The van der Waals surface area contributed by atoms with E-state index in [1.54, 1.807) is 50.2 Å². The predicted octanol–water partition coefficient (Wildman–Crippen LogP) is 5.50. The molecule has 0 aliphatic carbocycles. The number of nitrogens with zero attached hydrogens (tertiary/aromatic N) is 1. The van der Waals surface area contributed by atoms with Gasteiger partial charge >= 0.3 is 0 Å². The molecule has 7 nitrogen and oxygen atoms in total. The van der Waals surface area contributed by atoms with Crippen molar-refractivity contribution in [1.82, 2.24) is 0 Å². The summed E-state index contributed by atoms with van der Waals surface area (Å²) in [4.78, 5) is 28.8. The van der Waals surface area contributed by atoms with Crippen molar-refractivity contribution in [1.29, 1.82) is 0 Å². The highest BCUT2D eigenvalue weighted by Crippen LogP contribution is 2.46. The van der Waals surface area contributed by atoms with Gasteiger partial charge in [0.25, 0.3) is 5.91 Å². The summed E-state index contributed by atoms with van der Waals surface area (Å²) >= 11 is 3.41. The maximum Gasteiger partial charge on any atom is 0.294 e. The number of rotatable bonds is 8. The summed E-state index contributed by atoms with van der Waals surface area (Å²) in [7, 11) is 1.53. The maximum absolute atomic E-state index is 13.9. The minimum absolute atomic E-state index is 0.0283. The van der Waals surface area contributed by atoms with Crippen LogP contribution in [0, 0.1) is 5.41 Å². The summed E-state index contributed by atoms with van der Waals surface area (Å²) in [6.45, 7) is 4.24. The first kappa shape index (κ1) is 25.4. The fraction of sp³-hybridized carbons (Fsp3) is 0.407. The van der Waals surface area contributed by atoms with Gasteiger partial charge in [0.15, 0.2) is 17.8 Å². The van der Waals surface area contributed by atoms with E-state index in [1.165, 1.54) is 12.0 Å². The van der Waals surface area contributed by atoms with Gasteiger partial charge in [0.05, 0.1) is 30.7 Å². The highest BCUT2D eigenvalue weighted by Gasteiger charge is 2.48. The number of carbonyl (C=O) groups is 2. The third kappa shape index (κ3) is 5.15. The molecule has 2 aliphatic rings. The number of Topliss-reactive ketones (excluding diaryl/α,β-unsaturated/α-hetero) is 1. The molecule has 1 amide bonds. The Balaban J connectivity index is 1.73. The molecule has 0 aromatic heterocycles. The quantitative estimate of drug-likeness (QED) is 0.473. The van der Waals surface area contributed by atoms with Crippen LogP contribution in [0.4, 0.5) is 5.69 Å². The Morgan fingerprint density at radius 3 is 2.54 bits per heavy atom. The second-order valence-corrected chi connectivity index (χ2v) is 10.3. The van der Waals surface area contributed by atoms with Gasteiger partial charge < -0.3 is 19.3 Å². The molecule has 4 rings (SSSR count). The van der Waals surface area contributed by atoms with Crippen LogP contribution < -0.4 is 9.64 Å². The van der Waals surface area contributed by atoms with E-state index in [0.29, 0.717) is 23.6 Å². The number of para-hydroxylation sites is 1. The van der Waals surface area contributed by atoms with Crippen molar-refractivity contribution in [3.8, 4) is 5.75 Å². The van der Waals surface area contributed by atoms with Crippen LogP contribution in [-0.2, 0) is 19.1 Å². The second-order valence-electron chi connectivity index (χ2n) is 9.38. The Kier molecular flexibility index (Phi) is 7.64. The van der Waals surface area contributed by atoms with E-state index in [-0.39, 0.29) is 24.3 Å². The van der Waals surface area contributed by atoms with Crippen molar-refractivity contribution in [3.05, 3.63) is 69.9 Å². The van der Waals surface area contributed by atoms with E-state index in [2.05, 4.69) is 15.9 Å². The molecule has 0 saturated carbocycles. The highest BCUT2D eigenvalue weighted by molar-refractivity contribution is 9.10. The Labute approximate surface area is 213 Å². The van der Waals surface area contributed by atoms with Crippen molar-refractivity contribution in [2.45, 2.75) is 45.4 Å². The summed E-state index contributed by atoms with van der Waals surface area (Å²) < 4.78 is 18.0. The number of ketones is 1. The Hall–Kier alpha value is -2.68. The van der Waals surface area contributed by atoms with Crippen LogP contribution in [0.25, 0.3) is 0 Å². The van der Waals surface area contributed by atoms with Crippen molar-refractivity contribution >= 4 is 33.3 Å². The molecule has 8 heteroatoms. The lowest BCUT2D eigenvalue weighted by Gasteiger charge is -2.32. The number of ether oxygens (including phenoxy) is 3. The summed E-state index contributed by atoms with van der Waals surface area (Å²) in [5.41, 5.74) is 0.167. The topological polar surface area (TPSA) is 85.3 Å². The molecule has 1 N–H and O–H groups in total. The molecule has 1 fully saturated rings. The van der Waals surface area contributed by atoms with Crippen molar-refractivity contribution in [2.75, 3.05) is 25.2 Å². The second kappa shape index (κ2) is 10.5. The fourth-order valence-corrected chi connectivity index (χ4v) is 4.73. The minimum Gasteiger partial charge on any atom is -0.503 e. The van der Waals surface area contributed by atoms with Crippen LogP contribution in [0.15, 0.2) is 64.3 Å². The number of anilines is 1. The third-order valence-electron chi connectivity index (χ3n) is 6.37. The number of hydrogen-bond donors (Lipinski definition) is 1. The molecular weight excluding hydrogens is 514 g/mol. The van der Waals surface area contributed by atoms with Gasteiger partial charge in [-0.3, -0.25) is 14.5 Å². The van der Waals surface area contributed by atoms with Gasteiger partial charge in [0.2, 0.25) is 0 Å². The zero-order valence-corrected chi connectivity index (χ0v) is 21.7. The van der Waals surface area contributed by atoms with Crippen LogP contribution in [0.1, 0.15) is 44.7 Å². The highest BCUT2D eigenvalue weighted by atomic mass is 79.9. The van der Waals surface area contributed by atoms with Crippen molar-refractivity contribution in [2.24, 2.45) is 5.41 Å². The molecule has 186 valence electrons. The van der Waals surface area contributed by atoms with Crippen molar-refractivity contribution < 1.29 is 28.9 Å². The van der Waals surface area contributed by atoms with Crippen LogP contribution in [0.2, 0.25) is 0 Å². The fourth-order valence-electron chi connectivity index (χ4n) is 4.47. The molecule has 2 aliphatic heterocycles. The average Bonchev–Trinajstić information content (AvgIpc) is 3.13. The standard InChI is InChI=1S/C27H30BrNO6/c1-27(2,16-35-21-10-6-7-15-34-21)25(31)22-23(19-8-4-5-9-20(19)33-3)29(26(32)24(22)30)18-13-11-17(28)12-14-18/h4-5,8-9,11-14,21,23,30H,6-7,10,15-16H2,1-3H3. The number of carbonyl (C=O) groups excluding carboxylic acids is 2. The van der Waals surface area contributed by atoms with E-state index in [9.17, 15) is 14.7 Å². The number of aliphatic hydroxyl groups is 1. The lowest BCUT2D eigenvalue weighted by Crippen LogP contribution is -2.37. The summed E-state index contributed by atoms with van der Waals surface area (Å²) in [5, 5.41) is 11.0. The molecule has 2 unspecified atom stereocenters. The lowest BCUT2D eigenvalue weighted by molar-refractivity contribution is -0.177. The van der Waals surface area contributed by atoms with Gasteiger partial charge in [0.1, 0.15) is 5.75 Å². The Morgan fingerprint density at radius 2 is 1.89 bits per heavy atom. The van der Waals surface area contributed by atoms with Gasteiger partial charge in [-0.25, -0.2) is 0 Å². The first-order chi connectivity index (χ1) is 16.7. The number of benzene rings is 2. The maximum atomic E-state index is 13.9. The van der Waals surface area contributed by atoms with E-state index >= 15 is 0 Å². The molecule has 2 heterocycles. The van der Waals surface area contributed by atoms with Crippen LogP contribution in [0.3, 0.4) is 0 Å². The Morgan fingerprint density at radius 1 is 1.17 bits per heavy atom. The monoisotopic (exact) mass is 543 g/mol. The smallest absolute Gasteiger partial charge is 0.294 e. The predicted molar refractivity (Wildman–Crippen MR) is 135 cm³/mol.